The maximum Gasteiger partial charge on any atom is 0.340 e. The minimum Gasteiger partial charge on any atom is -0.489 e. The van der Waals surface area contributed by atoms with Crippen LogP contribution in [0.4, 0.5) is 0 Å². The molecule has 0 saturated heterocycles. The van der Waals surface area contributed by atoms with E-state index in [1.54, 1.807) is 6.20 Å². The fourth-order valence-corrected chi connectivity index (χ4v) is 3.63. The van der Waals surface area contributed by atoms with Crippen molar-refractivity contribution in [3.8, 4) is 5.75 Å². The summed E-state index contributed by atoms with van der Waals surface area (Å²) in [6, 6.07) is 19.8. The van der Waals surface area contributed by atoms with E-state index in [1.165, 1.54) is 0 Å². The van der Waals surface area contributed by atoms with Gasteiger partial charge in [-0.15, -0.1) is 0 Å². The Morgan fingerprint density at radius 2 is 1.83 bits per heavy atom. The Kier molecular flexibility index (Phi) is 5.80. The molecule has 0 aliphatic rings. The van der Waals surface area contributed by atoms with Crippen LogP contribution in [-0.4, -0.2) is 22.1 Å². The minimum absolute atomic E-state index is 0.315. The van der Waals surface area contributed by atoms with Crippen LogP contribution in [0.5, 0.6) is 5.75 Å². The fraction of sp³-hybridized carbons (Fsp3) is 0.200. The molecule has 5 heteroatoms. The van der Waals surface area contributed by atoms with Crippen molar-refractivity contribution in [2.45, 2.75) is 27.0 Å². The van der Waals surface area contributed by atoms with Gasteiger partial charge in [0.15, 0.2) is 0 Å². The van der Waals surface area contributed by atoms with Gasteiger partial charge in [-0.05, 0) is 49.2 Å². The number of benzene rings is 2. The first-order chi connectivity index (χ1) is 14.7. The first kappa shape index (κ1) is 19.7. The third-order valence-corrected chi connectivity index (χ3v) is 5.09. The lowest BCUT2D eigenvalue weighted by molar-refractivity contribution is 0.0527. The highest BCUT2D eigenvalue weighted by molar-refractivity contribution is 6.06. The van der Waals surface area contributed by atoms with E-state index in [4.69, 9.17) is 9.47 Å². The van der Waals surface area contributed by atoms with Crippen LogP contribution in [0.15, 0.2) is 73.1 Å². The standard InChI is InChI=1S/C25H24N2O3/c1-3-29-25(28)24-18(2)27(16-20-10-7-13-26-15-20)23-12-11-21(14-22(23)24)30-17-19-8-5-4-6-9-19/h4-15H,3,16-17H2,1-2H3. The lowest BCUT2D eigenvalue weighted by Crippen LogP contribution is -2.08. The number of hydrogen-bond acceptors (Lipinski definition) is 4. The second kappa shape index (κ2) is 8.82. The van der Waals surface area contributed by atoms with Gasteiger partial charge in [0.2, 0.25) is 0 Å². The van der Waals surface area contributed by atoms with E-state index in [9.17, 15) is 4.79 Å². The Bertz CT molecular complexity index is 1150. The number of fused-ring (bicyclic) bond motifs is 1. The maximum absolute atomic E-state index is 12.7. The number of esters is 1. The number of carbonyl (C=O) groups is 1. The molecule has 0 fully saturated rings. The van der Waals surface area contributed by atoms with Gasteiger partial charge >= 0.3 is 5.97 Å². The molecule has 0 radical (unpaired) electrons. The molecule has 0 unspecified atom stereocenters. The Hall–Kier alpha value is -3.60. The van der Waals surface area contributed by atoms with Crippen LogP contribution >= 0.6 is 0 Å². The van der Waals surface area contributed by atoms with Gasteiger partial charge in [0.25, 0.3) is 0 Å². The van der Waals surface area contributed by atoms with Gasteiger partial charge in [-0.25, -0.2) is 4.79 Å². The van der Waals surface area contributed by atoms with Crippen molar-refractivity contribution < 1.29 is 14.3 Å². The molecule has 5 nitrogen and oxygen atoms in total. The summed E-state index contributed by atoms with van der Waals surface area (Å²) in [5.74, 6) is 0.403. The highest BCUT2D eigenvalue weighted by atomic mass is 16.5. The minimum atomic E-state index is -0.315. The first-order valence-electron chi connectivity index (χ1n) is 10.0. The molecule has 0 atom stereocenters. The van der Waals surface area contributed by atoms with Crippen LogP contribution in [0, 0.1) is 6.92 Å². The number of nitrogens with zero attached hydrogens (tertiary/aromatic N) is 2. The molecule has 0 aliphatic carbocycles. The second-order valence-electron chi connectivity index (χ2n) is 7.08. The zero-order chi connectivity index (χ0) is 20.9. The zero-order valence-electron chi connectivity index (χ0n) is 17.2. The number of pyridine rings is 1. The number of aromatic nitrogens is 2. The molecule has 30 heavy (non-hydrogen) atoms. The molecule has 0 N–H and O–H groups in total. The molecule has 2 aromatic carbocycles. The van der Waals surface area contributed by atoms with Gasteiger partial charge in [0.05, 0.1) is 12.2 Å². The molecular weight excluding hydrogens is 376 g/mol. The van der Waals surface area contributed by atoms with Gasteiger partial charge in [0.1, 0.15) is 12.4 Å². The first-order valence-corrected chi connectivity index (χ1v) is 10.0. The van der Waals surface area contributed by atoms with Crippen LogP contribution in [0.1, 0.15) is 34.1 Å². The molecular formula is C25H24N2O3. The average Bonchev–Trinajstić information content (AvgIpc) is 3.04. The number of rotatable bonds is 7. The monoisotopic (exact) mass is 400 g/mol. The summed E-state index contributed by atoms with van der Waals surface area (Å²) in [6.07, 6.45) is 3.59. The molecule has 4 rings (SSSR count). The van der Waals surface area contributed by atoms with Crippen molar-refractivity contribution >= 4 is 16.9 Å². The summed E-state index contributed by atoms with van der Waals surface area (Å²) in [5.41, 5.74) is 4.57. The van der Waals surface area contributed by atoms with Crippen LogP contribution in [-0.2, 0) is 17.9 Å². The lowest BCUT2D eigenvalue weighted by Gasteiger charge is -2.09. The molecule has 0 saturated carbocycles. The maximum atomic E-state index is 12.7. The predicted octanol–water partition coefficient (Wildman–Crippen LogP) is 5.15. The summed E-state index contributed by atoms with van der Waals surface area (Å²) < 4.78 is 13.5. The van der Waals surface area contributed by atoms with Crippen molar-refractivity contribution in [3.63, 3.8) is 0 Å². The van der Waals surface area contributed by atoms with Gasteiger partial charge in [-0.2, -0.15) is 0 Å². The van der Waals surface area contributed by atoms with Gasteiger partial charge < -0.3 is 14.0 Å². The summed E-state index contributed by atoms with van der Waals surface area (Å²) in [7, 11) is 0. The Balaban J connectivity index is 1.73. The van der Waals surface area contributed by atoms with Crippen LogP contribution in [0.2, 0.25) is 0 Å². The Morgan fingerprint density at radius 3 is 2.57 bits per heavy atom. The molecule has 2 heterocycles. The smallest absolute Gasteiger partial charge is 0.340 e. The van der Waals surface area contributed by atoms with E-state index >= 15 is 0 Å². The van der Waals surface area contributed by atoms with E-state index < -0.39 is 0 Å². The molecule has 0 amide bonds. The molecule has 4 aromatic rings. The van der Waals surface area contributed by atoms with Crippen molar-refractivity contribution in [2.24, 2.45) is 0 Å². The van der Waals surface area contributed by atoms with Crippen molar-refractivity contribution in [3.05, 3.63) is 95.4 Å². The van der Waals surface area contributed by atoms with Gasteiger partial charge in [0, 0.05) is 35.5 Å². The molecule has 0 aliphatic heterocycles. The number of hydrogen-bond donors (Lipinski definition) is 0. The summed E-state index contributed by atoms with van der Waals surface area (Å²) >= 11 is 0. The van der Waals surface area contributed by atoms with Gasteiger partial charge in [-0.3, -0.25) is 4.98 Å². The molecule has 2 aromatic heterocycles. The fourth-order valence-electron chi connectivity index (χ4n) is 3.63. The molecule has 0 spiro atoms. The lowest BCUT2D eigenvalue weighted by atomic mass is 10.1. The number of ether oxygens (including phenoxy) is 2. The normalized spacial score (nSPS) is 10.9. The van der Waals surface area contributed by atoms with E-state index in [1.807, 2.05) is 80.7 Å². The molecule has 152 valence electrons. The largest absolute Gasteiger partial charge is 0.489 e. The van der Waals surface area contributed by atoms with Crippen LogP contribution in [0.3, 0.4) is 0 Å². The van der Waals surface area contributed by atoms with Crippen molar-refractivity contribution in [1.82, 2.24) is 9.55 Å². The van der Waals surface area contributed by atoms with Crippen molar-refractivity contribution in [2.75, 3.05) is 6.61 Å². The summed E-state index contributed by atoms with van der Waals surface area (Å²) in [5, 5.41) is 0.834. The second-order valence-corrected chi connectivity index (χ2v) is 7.08. The SMILES string of the molecule is CCOC(=O)c1c(C)n(Cc2cccnc2)c2ccc(OCc3ccccc3)cc12. The van der Waals surface area contributed by atoms with Crippen LogP contribution < -0.4 is 4.74 Å². The quantitative estimate of drug-likeness (QED) is 0.403. The average molecular weight is 400 g/mol. The topological polar surface area (TPSA) is 53.4 Å². The summed E-state index contributed by atoms with van der Waals surface area (Å²) in [6.45, 7) is 5.19. The zero-order valence-corrected chi connectivity index (χ0v) is 17.2. The highest BCUT2D eigenvalue weighted by Gasteiger charge is 2.21. The third kappa shape index (κ3) is 4.06. The van der Waals surface area contributed by atoms with E-state index in [2.05, 4.69) is 9.55 Å². The predicted molar refractivity (Wildman–Crippen MR) is 117 cm³/mol. The van der Waals surface area contributed by atoms with E-state index in [0.29, 0.717) is 25.3 Å². The van der Waals surface area contributed by atoms with Crippen LogP contribution in [0.25, 0.3) is 10.9 Å². The summed E-state index contributed by atoms with van der Waals surface area (Å²) in [4.78, 5) is 17.0. The van der Waals surface area contributed by atoms with Gasteiger partial charge in [-0.1, -0.05) is 36.4 Å². The highest BCUT2D eigenvalue weighted by Crippen LogP contribution is 2.31. The Labute approximate surface area is 175 Å². The third-order valence-electron chi connectivity index (χ3n) is 5.09. The Morgan fingerprint density at radius 1 is 1.03 bits per heavy atom. The molecule has 0 bridgehead atoms. The number of carbonyl (C=O) groups excluding carboxylic acids is 1. The van der Waals surface area contributed by atoms with E-state index in [0.717, 1.165) is 33.5 Å². The van der Waals surface area contributed by atoms with Crippen molar-refractivity contribution in [1.29, 1.82) is 0 Å². The van der Waals surface area contributed by atoms with E-state index in [-0.39, 0.29) is 5.97 Å².